The van der Waals surface area contributed by atoms with E-state index < -0.39 is 5.41 Å². The molecule has 1 aliphatic heterocycles. The maximum atomic E-state index is 12.9. The van der Waals surface area contributed by atoms with Crippen molar-refractivity contribution < 1.29 is 4.79 Å². The molecule has 1 aliphatic carbocycles. The molecule has 9 heteroatoms. The number of anilines is 4. The Balaban J connectivity index is 1.45. The highest BCUT2D eigenvalue weighted by Gasteiger charge is 2.46. The van der Waals surface area contributed by atoms with Crippen LogP contribution in [0.3, 0.4) is 0 Å². The average molecular weight is 469 g/mol. The Hall–Kier alpha value is -4.03. The summed E-state index contributed by atoms with van der Waals surface area (Å²) in [5, 5.41) is 22.4. The number of nitriles is 1. The minimum Gasteiger partial charge on any atom is -0.350 e. The standard InChI is InChI=1S/C26H28N8O/c1-16(2)31-24(35)21-14-30-25(33-19-4-3-18-13-28-9-5-17(18)11-19)34-23(21)32-20-6-10-29-22(12-20)26(15-27)7-8-26/h3-4,6,10-12,14,16,28H,5,7-9,13H2,1-2H3,(H,31,35)(H2,29,30,32,33,34). The highest BCUT2D eigenvalue weighted by atomic mass is 16.1. The van der Waals surface area contributed by atoms with E-state index in [0.29, 0.717) is 23.0 Å². The predicted octanol–water partition coefficient (Wildman–Crippen LogP) is 3.70. The van der Waals surface area contributed by atoms with Crippen LogP contribution in [-0.4, -0.2) is 33.4 Å². The van der Waals surface area contributed by atoms with Crippen LogP contribution in [0.15, 0.2) is 42.7 Å². The summed E-state index contributed by atoms with van der Waals surface area (Å²) in [6, 6.07) is 12.2. The number of fused-ring (bicyclic) bond motifs is 1. The topological polar surface area (TPSA) is 128 Å². The van der Waals surface area contributed by atoms with Gasteiger partial charge in [0, 0.05) is 36.4 Å². The summed E-state index contributed by atoms with van der Waals surface area (Å²) in [5.74, 6) is 0.495. The van der Waals surface area contributed by atoms with Gasteiger partial charge in [-0.2, -0.15) is 10.2 Å². The van der Waals surface area contributed by atoms with Gasteiger partial charge in [0.2, 0.25) is 5.95 Å². The summed E-state index contributed by atoms with van der Waals surface area (Å²) in [7, 11) is 0. The molecule has 4 N–H and O–H groups in total. The number of carbonyl (C=O) groups is 1. The summed E-state index contributed by atoms with van der Waals surface area (Å²) < 4.78 is 0. The molecular weight excluding hydrogens is 440 g/mol. The van der Waals surface area contributed by atoms with Crippen molar-refractivity contribution in [1.82, 2.24) is 25.6 Å². The molecule has 3 heterocycles. The van der Waals surface area contributed by atoms with Crippen LogP contribution in [0.4, 0.5) is 23.1 Å². The third-order valence-electron chi connectivity index (χ3n) is 6.28. The second kappa shape index (κ2) is 9.31. The molecule has 178 valence electrons. The van der Waals surface area contributed by atoms with Crippen LogP contribution in [0, 0.1) is 11.3 Å². The fourth-order valence-electron chi connectivity index (χ4n) is 4.18. The van der Waals surface area contributed by atoms with Crippen LogP contribution in [0.5, 0.6) is 0 Å². The number of rotatable bonds is 7. The van der Waals surface area contributed by atoms with Crippen molar-refractivity contribution in [3.8, 4) is 6.07 Å². The van der Waals surface area contributed by atoms with Gasteiger partial charge in [0.15, 0.2) is 0 Å². The van der Waals surface area contributed by atoms with Crippen molar-refractivity contribution in [3.63, 3.8) is 0 Å². The lowest BCUT2D eigenvalue weighted by Gasteiger charge is -2.18. The summed E-state index contributed by atoms with van der Waals surface area (Å²) in [6.45, 7) is 5.64. The van der Waals surface area contributed by atoms with E-state index in [0.717, 1.165) is 43.7 Å². The monoisotopic (exact) mass is 468 g/mol. The molecule has 35 heavy (non-hydrogen) atoms. The molecule has 9 nitrogen and oxygen atoms in total. The van der Waals surface area contributed by atoms with Crippen LogP contribution < -0.4 is 21.3 Å². The smallest absolute Gasteiger partial charge is 0.256 e. The van der Waals surface area contributed by atoms with Gasteiger partial charge in [-0.1, -0.05) is 6.07 Å². The molecule has 5 rings (SSSR count). The molecule has 1 fully saturated rings. The summed E-state index contributed by atoms with van der Waals surface area (Å²) >= 11 is 0. The van der Waals surface area contributed by atoms with Crippen molar-refractivity contribution >= 4 is 29.0 Å². The number of pyridine rings is 1. The number of carbonyl (C=O) groups excluding carboxylic acids is 1. The Bertz CT molecular complexity index is 1310. The first-order valence-corrected chi connectivity index (χ1v) is 11.9. The number of nitrogens with one attached hydrogen (secondary N) is 4. The number of benzene rings is 1. The van der Waals surface area contributed by atoms with Gasteiger partial charge in [-0.3, -0.25) is 9.78 Å². The van der Waals surface area contributed by atoms with Gasteiger partial charge in [-0.15, -0.1) is 0 Å². The van der Waals surface area contributed by atoms with Crippen molar-refractivity contribution in [2.45, 2.75) is 51.1 Å². The first-order chi connectivity index (χ1) is 17.0. The van der Waals surface area contributed by atoms with Crippen LogP contribution >= 0.6 is 0 Å². The van der Waals surface area contributed by atoms with E-state index in [1.807, 2.05) is 26.0 Å². The average Bonchev–Trinajstić information content (AvgIpc) is 3.65. The molecule has 0 unspecified atom stereocenters. The first-order valence-electron chi connectivity index (χ1n) is 11.9. The molecule has 1 saturated carbocycles. The summed E-state index contributed by atoms with van der Waals surface area (Å²) in [5.41, 5.74) is 4.76. The van der Waals surface area contributed by atoms with Crippen molar-refractivity contribution in [2.75, 3.05) is 17.2 Å². The molecule has 0 saturated heterocycles. The quantitative estimate of drug-likeness (QED) is 0.413. The van der Waals surface area contributed by atoms with E-state index in [4.69, 9.17) is 0 Å². The number of aromatic nitrogens is 3. The van der Waals surface area contributed by atoms with Crippen molar-refractivity contribution in [3.05, 3.63) is 65.1 Å². The molecule has 0 atom stereocenters. The summed E-state index contributed by atoms with van der Waals surface area (Å²) in [6.07, 6.45) is 5.78. The Morgan fingerprint density at radius 3 is 2.71 bits per heavy atom. The van der Waals surface area contributed by atoms with E-state index in [1.165, 1.54) is 17.3 Å². The van der Waals surface area contributed by atoms with E-state index in [9.17, 15) is 10.1 Å². The zero-order valence-corrected chi connectivity index (χ0v) is 19.9. The van der Waals surface area contributed by atoms with Gasteiger partial charge in [0.25, 0.3) is 5.91 Å². The molecule has 0 radical (unpaired) electrons. The molecule has 1 aromatic carbocycles. The molecule has 3 aromatic rings. The molecule has 0 spiro atoms. The van der Waals surface area contributed by atoms with Crippen LogP contribution in [0.1, 0.15) is 53.9 Å². The lowest BCUT2D eigenvalue weighted by Crippen LogP contribution is -2.31. The third kappa shape index (κ3) is 4.93. The van der Waals surface area contributed by atoms with Crippen LogP contribution in [0.25, 0.3) is 0 Å². The lowest BCUT2D eigenvalue weighted by molar-refractivity contribution is 0.0943. The SMILES string of the molecule is CC(C)NC(=O)c1cnc(Nc2ccc3c(c2)CCNC3)nc1Nc1ccnc(C2(C#N)CC2)c1. The second-order valence-corrected chi connectivity index (χ2v) is 9.37. The Kier molecular flexibility index (Phi) is 6.05. The zero-order valence-electron chi connectivity index (χ0n) is 19.9. The van der Waals surface area contributed by atoms with Crippen molar-refractivity contribution in [1.29, 1.82) is 5.26 Å². The highest BCUT2D eigenvalue weighted by Crippen LogP contribution is 2.47. The van der Waals surface area contributed by atoms with E-state index in [2.05, 4.69) is 54.4 Å². The Labute approximate surface area is 204 Å². The molecule has 1 amide bonds. The fourth-order valence-corrected chi connectivity index (χ4v) is 4.18. The normalized spacial score (nSPS) is 15.6. The van der Waals surface area contributed by atoms with Gasteiger partial charge in [0.1, 0.15) is 11.4 Å². The number of hydrogen-bond acceptors (Lipinski definition) is 8. The maximum absolute atomic E-state index is 12.9. The number of nitrogens with zero attached hydrogens (tertiary/aromatic N) is 4. The maximum Gasteiger partial charge on any atom is 0.256 e. The van der Waals surface area contributed by atoms with Gasteiger partial charge in [0.05, 0.1) is 17.2 Å². The summed E-state index contributed by atoms with van der Waals surface area (Å²) in [4.78, 5) is 26.3. The second-order valence-electron chi connectivity index (χ2n) is 9.37. The number of amides is 1. The number of hydrogen-bond donors (Lipinski definition) is 4. The zero-order chi connectivity index (χ0) is 24.4. The largest absolute Gasteiger partial charge is 0.350 e. The van der Waals surface area contributed by atoms with E-state index in [-0.39, 0.29) is 11.9 Å². The third-order valence-corrected chi connectivity index (χ3v) is 6.28. The van der Waals surface area contributed by atoms with Crippen LogP contribution in [0.2, 0.25) is 0 Å². The highest BCUT2D eigenvalue weighted by molar-refractivity contribution is 5.99. The minimum absolute atomic E-state index is 0.0315. The Morgan fingerprint density at radius 2 is 1.94 bits per heavy atom. The molecular formula is C26H28N8O. The minimum atomic E-state index is -0.504. The fraction of sp³-hybridized carbons (Fsp3) is 0.346. The van der Waals surface area contributed by atoms with E-state index in [1.54, 1.807) is 12.3 Å². The first kappa shape index (κ1) is 22.7. The molecule has 2 aliphatic rings. The van der Waals surface area contributed by atoms with Gasteiger partial charge in [-0.25, -0.2) is 4.98 Å². The van der Waals surface area contributed by atoms with Crippen LogP contribution in [-0.2, 0) is 18.4 Å². The lowest BCUT2D eigenvalue weighted by atomic mass is 10.0. The van der Waals surface area contributed by atoms with Gasteiger partial charge < -0.3 is 21.3 Å². The van der Waals surface area contributed by atoms with E-state index >= 15 is 0 Å². The van der Waals surface area contributed by atoms with Gasteiger partial charge >= 0.3 is 0 Å². The predicted molar refractivity (Wildman–Crippen MR) is 134 cm³/mol. The molecule has 0 bridgehead atoms. The molecule has 2 aromatic heterocycles. The van der Waals surface area contributed by atoms with Gasteiger partial charge in [-0.05, 0) is 75.0 Å². The van der Waals surface area contributed by atoms with Crippen molar-refractivity contribution in [2.24, 2.45) is 0 Å². The Morgan fingerprint density at radius 1 is 1.11 bits per heavy atom.